The zero-order valence-corrected chi connectivity index (χ0v) is 20.0. The molecule has 186 valence electrons. The summed E-state index contributed by atoms with van der Waals surface area (Å²) in [6, 6.07) is 1.84. The SMILES string of the molecule is CCC[C@H](CCOc1ccc(C(F)(F)F)nc1)Nc1nc(C)c2c(n1)N(C)C(C(C)C)C(=O)N2. The van der Waals surface area contributed by atoms with Gasteiger partial charge in [-0.2, -0.15) is 18.2 Å². The molecule has 2 atom stereocenters. The van der Waals surface area contributed by atoms with Gasteiger partial charge >= 0.3 is 6.18 Å². The van der Waals surface area contributed by atoms with Crippen molar-refractivity contribution in [3.05, 3.63) is 29.7 Å². The van der Waals surface area contributed by atoms with Crippen LogP contribution in [0.2, 0.25) is 0 Å². The van der Waals surface area contributed by atoms with Crippen LogP contribution in [0.15, 0.2) is 18.3 Å². The number of amides is 1. The van der Waals surface area contributed by atoms with E-state index in [1.54, 1.807) is 0 Å². The molecule has 3 heterocycles. The number of fused-ring (bicyclic) bond motifs is 1. The van der Waals surface area contributed by atoms with Gasteiger partial charge in [0.2, 0.25) is 11.9 Å². The van der Waals surface area contributed by atoms with Gasteiger partial charge in [0.1, 0.15) is 23.2 Å². The van der Waals surface area contributed by atoms with Crippen LogP contribution < -0.4 is 20.3 Å². The molecular formula is C23H31F3N6O2. The van der Waals surface area contributed by atoms with Gasteiger partial charge in [-0.05, 0) is 31.4 Å². The average molecular weight is 481 g/mol. The van der Waals surface area contributed by atoms with Crippen molar-refractivity contribution in [3.63, 3.8) is 0 Å². The number of likely N-dealkylation sites (N-methyl/N-ethyl adjacent to an activating group) is 1. The first-order valence-electron chi connectivity index (χ1n) is 11.4. The molecule has 0 fully saturated rings. The largest absolute Gasteiger partial charge is 0.492 e. The number of anilines is 3. The highest BCUT2D eigenvalue weighted by Gasteiger charge is 2.35. The minimum Gasteiger partial charge on any atom is -0.492 e. The van der Waals surface area contributed by atoms with Crippen LogP contribution in [0.25, 0.3) is 0 Å². The molecule has 2 aromatic heterocycles. The number of rotatable bonds is 9. The Labute approximate surface area is 197 Å². The number of halogens is 3. The monoisotopic (exact) mass is 480 g/mol. The molecule has 2 aromatic rings. The molecule has 34 heavy (non-hydrogen) atoms. The van der Waals surface area contributed by atoms with Gasteiger partial charge in [0.25, 0.3) is 0 Å². The number of hydrogen-bond acceptors (Lipinski definition) is 7. The van der Waals surface area contributed by atoms with Gasteiger partial charge in [0.15, 0.2) is 5.82 Å². The standard InChI is InChI=1S/C23H31F3N6O2/c1-6-7-15(10-11-34-16-8-9-17(27-12-16)23(24,25)26)29-22-28-14(4)18-20(31-22)32(5)19(13(2)3)21(33)30-18/h8-9,12-13,15,19H,6-7,10-11H2,1-5H3,(H,30,33)(H,28,29,31)/t15-,19?/m1/s1. The third-order valence-electron chi connectivity index (χ3n) is 5.70. The van der Waals surface area contributed by atoms with E-state index in [0.29, 0.717) is 36.2 Å². The normalized spacial score (nSPS) is 16.8. The highest BCUT2D eigenvalue weighted by atomic mass is 19.4. The van der Waals surface area contributed by atoms with Crippen LogP contribution in [0.1, 0.15) is 51.4 Å². The van der Waals surface area contributed by atoms with Crippen LogP contribution in [0.4, 0.5) is 30.6 Å². The van der Waals surface area contributed by atoms with Crippen LogP contribution in [-0.4, -0.2) is 46.6 Å². The molecule has 0 aliphatic carbocycles. The summed E-state index contributed by atoms with van der Waals surface area (Å²) in [6.45, 7) is 8.15. The van der Waals surface area contributed by atoms with Crippen LogP contribution in [0.3, 0.4) is 0 Å². The molecule has 0 saturated heterocycles. The molecule has 0 spiro atoms. The summed E-state index contributed by atoms with van der Waals surface area (Å²) in [5, 5.41) is 6.29. The molecule has 0 saturated carbocycles. The summed E-state index contributed by atoms with van der Waals surface area (Å²) in [5.74, 6) is 1.43. The van der Waals surface area contributed by atoms with Crippen molar-refractivity contribution < 1.29 is 22.7 Å². The smallest absolute Gasteiger partial charge is 0.433 e. The number of aryl methyl sites for hydroxylation is 1. The lowest BCUT2D eigenvalue weighted by Crippen LogP contribution is -2.49. The Morgan fingerprint density at radius 3 is 2.56 bits per heavy atom. The Morgan fingerprint density at radius 2 is 1.97 bits per heavy atom. The van der Waals surface area contributed by atoms with Gasteiger partial charge < -0.3 is 20.3 Å². The second-order valence-corrected chi connectivity index (χ2v) is 8.76. The van der Waals surface area contributed by atoms with Crippen molar-refractivity contribution in [1.29, 1.82) is 0 Å². The molecule has 0 bridgehead atoms. The molecular weight excluding hydrogens is 449 g/mol. The lowest BCUT2D eigenvalue weighted by Gasteiger charge is -2.37. The van der Waals surface area contributed by atoms with Gasteiger partial charge in [-0.15, -0.1) is 0 Å². The first kappa shape index (κ1) is 25.5. The minimum absolute atomic E-state index is 0.00533. The van der Waals surface area contributed by atoms with Crippen molar-refractivity contribution in [2.24, 2.45) is 5.92 Å². The summed E-state index contributed by atoms with van der Waals surface area (Å²) in [6.07, 6.45) is -1.07. The van der Waals surface area contributed by atoms with E-state index in [-0.39, 0.29) is 29.7 Å². The van der Waals surface area contributed by atoms with Gasteiger partial charge in [0, 0.05) is 19.5 Å². The lowest BCUT2D eigenvalue weighted by molar-refractivity contribution is -0.141. The molecule has 8 nitrogen and oxygen atoms in total. The first-order chi connectivity index (χ1) is 16.0. The van der Waals surface area contributed by atoms with E-state index in [4.69, 9.17) is 4.74 Å². The van der Waals surface area contributed by atoms with E-state index >= 15 is 0 Å². The fourth-order valence-electron chi connectivity index (χ4n) is 4.05. The number of nitrogens with zero attached hydrogens (tertiary/aromatic N) is 4. The van der Waals surface area contributed by atoms with Gasteiger partial charge in [-0.25, -0.2) is 9.97 Å². The Hall–Kier alpha value is -3.11. The Balaban J connectivity index is 1.67. The molecule has 11 heteroatoms. The van der Waals surface area contributed by atoms with Crippen LogP contribution in [0.5, 0.6) is 5.75 Å². The van der Waals surface area contributed by atoms with Crippen molar-refractivity contribution in [1.82, 2.24) is 15.0 Å². The van der Waals surface area contributed by atoms with Crippen molar-refractivity contribution >= 4 is 23.4 Å². The number of ether oxygens (including phenoxy) is 1. The van der Waals surface area contributed by atoms with Gasteiger partial charge in [-0.1, -0.05) is 27.2 Å². The lowest BCUT2D eigenvalue weighted by atomic mass is 9.99. The van der Waals surface area contributed by atoms with Crippen LogP contribution in [-0.2, 0) is 11.0 Å². The van der Waals surface area contributed by atoms with Crippen molar-refractivity contribution in [3.8, 4) is 5.75 Å². The number of nitrogens with one attached hydrogen (secondary N) is 2. The molecule has 0 radical (unpaired) electrons. The third kappa shape index (κ3) is 5.87. The maximum atomic E-state index is 12.7. The van der Waals surface area contributed by atoms with E-state index in [0.717, 1.165) is 25.1 Å². The van der Waals surface area contributed by atoms with E-state index in [2.05, 4.69) is 32.5 Å². The summed E-state index contributed by atoms with van der Waals surface area (Å²) in [5.41, 5.74) is 0.323. The van der Waals surface area contributed by atoms with Gasteiger partial charge in [-0.3, -0.25) is 4.79 Å². The zero-order chi connectivity index (χ0) is 25.0. The molecule has 0 aromatic carbocycles. The predicted octanol–water partition coefficient (Wildman–Crippen LogP) is 4.66. The Bertz CT molecular complexity index is 997. The highest BCUT2D eigenvalue weighted by Crippen LogP contribution is 2.34. The zero-order valence-electron chi connectivity index (χ0n) is 20.0. The molecule has 1 unspecified atom stereocenters. The number of carbonyl (C=O) groups excluding carboxylic acids is 1. The summed E-state index contributed by atoms with van der Waals surface area (Å²) < 4.78 is 43.6. The first-order valence-corrected chi connectivity index (χ1v) is 11.4. The van der Waals surface area contributed by atoms with E-state index in [1.165, 1.54) is 6.07 Å². The fraction of sp³-hybridized carbons (Fsp3) is 0.565. The highest BCUT2D eigenvalue weighted by molar-refractivity contribution is 6.03. The van der Waals surface area contributed by atoms with Crippen molar-refractivity contribution in [2.45, 2.75) is 65.2 Å². The van der Waals surface area contributed by atoms with Crippen molar-refractivity contribution in [2.75, 3.05) is 29.2 Å². The number of aromatic nitrogens is 3. The average Bonchev–Trinajstić information content (AvgIpc) is 2.74. The second kappa shape index (κ2) is 10.4. The molecule has 1 aliphatic rings. The molecule has 1 amide bonds. The Morgan fingerprint density at radius 1 is 1.24 bits per heavy atom. The molecule has 1 aliphatic heterocycles. The second-order valence-electron chi connectivity index (χ2n) is 8.76. The molecule has 2 N–H and O–H groups in total. The molecule has 3 rings (SSSR count). The predicted molar refractivity (Wildman–Crippen MR) is 124 cm³/mol. The van der Waals surface area contributed by atoms with Crippen LogP contribution in [0, 0.1) is 12.8 Å². The maximum Gasteiger partial charge on any atom is 0.433 e. The third-order valence-corrected chi connectivity index (χ3v) is 5.70. The summed E-state index contributed by atoms with van der Waals surface area (Å²) >= 11 is 0. The minimum atomic E-state index is -4.48. The van der Waals surface area contributed by atoms with E-state index < -0.39 is 11.9 Å². The number of carbonyl (C=O) groups is 1. The van der Waals surface area contributed by atoms with E-state index in [9.17, 15) is 18.0 Å². The number of alkyl halides is 3. The van der Waals surface area contributed by atoms with E-state index in [1.807, 2.05) is 32.7 Å². The topological polar surface area (TPSA) is 92.3 Å². The number of hydrogen-bond donors (Lipinski definition) is 2. The Kier molecular flexibility index (Phi) is 7.83. The summed E-state index contributed by atoms with van der Waals surface area (Å²) in [4.78, 5) is 27.0. The maximum absolute atomic E-state index is 12.7. The van der Waals surface area contributed by atoms with Gasteiger partial charge in [0.05, 0.1) is 18.5 Å². The van der Waals surface area contributed by atoms with Crippen LogP contribution >= 0.6 is 0 Å². The number of pyridine rings is 1. The summed E-state index contributed by atoms with van der Waals surface area (Å²) in [7, 11) is 1.86. The fourth-order valence-corrected chi connectivity index (χ4v) is 4.05. The quantitative estimate of drug-likeness (QED) is 0.539.